The molecule has 8 atom stereocenters. The highest BCUT2D eigenvalue weighted by atomic mass is 79.9. The van der Waals surface area contributed by atoms with Gasteiger partial charge in [-0.05, 0) is 91.3 Å². The molecule has 0 amide bonds. The third kappa shape index (κ3) is 2.76. The van der Waals surface area contributed by atoms with Gasteiger partial charge < -0.3 is 9.47 Å². The molecule has 4 aliphatic carbocycles. The quantitative estimate of drug-likeness (QED) is 0.462. The minimum absolute atomic E-state index is 0.204. The van der Waals surface area contributed by atoms with E-state index in [1.165, 1.54) is 50.3 Å². The van der Waals surface area contributed by atoms with Crippen molar-refractivity contribution in [1.29, 1.82) is 0 Å². The van der Waals surface area contributed by atoms with E-state index in [0.717, 1.165) is 61.6 Å². The van der Waals surface area contributed by atoms with Gasteiger partial charge in [0, 0.05) is 18.2 Å². The highest BCUT2D eigenvalue weighted by Crippen LogP contribution is 2.69. The smallest absolute Gasteiger partial charge is 0.168 e. The second kappa shape index (κ2) is 6.71. The number of fused-ring (bicyclic) bond motifs is 5. The van der Waals surface area contributed by atoms with Crippen LogP contribution in [0.4, 0.5) is 0 Å². The summed E-state index contributed by atoms with van der Waals surface area (Å²) in [6, 6.07) is 0. The summed E-state index contributed by atoms with van der Waals surface area (Å²) in [6.07, 6.45) is 12.4. The third-order valence-corrected chi connectivity index (χ3v) is 11.5. The highest BCUT2D eigenvalue weighted by Gasteiger charge is 2.62. The van der Waals surface area contributed by atoms with Crippen molar-refractivity contribution in [2.75, 3.05) is 18.5 Å². The zero-order valence-corrected chi connectivity index (χ0v) is 19.2. The van der Waals surface area contributed by atoms with Gasteiger partial charge in [-0.1, -0.05) is 36.7 Å². The van der Waals surface area contributed by atoms with E-state index in [4.69, 9.17) is 9.47 Å². The van der Waals surface area contributed by atoms with E-state index in [1.807, 2.05) is 0 Å². The minimum atomic E-state index is -0.204. The van der Waals surface area contributed by atoms with Crippen molar-refractivity contribution in [3.05, 3.63) is 0 Å². The average Bonchev–Trinajstić information content (AvgIpc) is 3.26. The normalized spacial score (nSPS) is 52.2. The predicted molar refractivity (Wildman–Crippen MR) is 113 cm³/mol. The van der Waals surface area contributed by atoms with Crippen LogP contribution < -0.4 is 0 Å². The maximum absolute atomic E-state index is 6.12. The van der Waals surface area contributed by atoms with Gasteiger partial charge in [-0.3, -0.25) is 0 Å². The Morgan fingerprint density at radius 1 is 0.889 bits per heavy atom. The average molecular weight is 439 g/mol. The summed E-state index contributed by atoms with van der Waals surface area (Å²) in [5.74, 6) is 5.29. The zero-order chi connectivity index (χ0) is 18.9. The molecule has 1 spiro atoms. The van der Waals surface area contributed by atoms with Crippen LogP contribution in [0, 0.1) is 46.3 Å². The van der Waals surface area contributed by atoms with Gasteiger partial charge in [0.1, 0.15) is 0 Å². The molecule has 3 heteroatoms. The Balaban J connectivity index is 1.38. The molecule has 5 unspecified atom stereocenters. The van der Waals surface area contributed by atoms with Crippen molar-refractivity contribution < 1.29 is 9.47 Å². The van der Waals surface area contributed by atoms with Gasteiger partial charge in [0.25, 0.3) is 0 Å². The van der Waals surface area contributed by atoms with Crippen LogP contribution in [0.3, 0.4) is 0 Å². The molecule has 5 fully saturated rings. The first-order chi connectivity index (χ1) is 12.9. The summed E-state index contributed by atoms with van der Waals surface area (Å²) in [7, 11) is 0. The Morgan fingerprint density at radius 2 is 1.63 bits per heavy atom. The van der Waals surface area contributed by atoms with Crippen LogP contribution in [0.1, 0.15) is 78.6 Å². The largest absolute Gasteiger partial charge is 0.348 e. The number of hydrogen-bond donors (Lipinski definition) is 0. The standard InChI is InChI=1S/C24H39BrO2/c1-16(15-25)19-6-7-20-18-5-4-17-14-24(26-12-13-27-24)11-10-22(17,2)21(18)8-9-23(19,20)3/h16-21H,4-15H2,1-3H3/t16-,17?,18?,19?,20?,21?,22+,23-/m1/s1. The van der Waals surface area contributed by atoms with Gasteiger partial charge in [0.2, 0.25) is 0 Å². The summed E-state index contributed by atoms with van der Waals surface area (Å²) in [5.41, 5.74) is 1.13. The van der Waals surface area contributed by atoms with Gasteiger partial charge in [0.15, 0.2) is 5.79 Å². The number of halogens is 1. The van der Waals surface area contributed by atoms with Gasteiger partial charge >= 0.3 is 0 Å². The lowest BCUT2D eigenvalue weighted by molar-refractivity contribution is -0.229. The molecule has 4 saturated carbocycles. The number of hydrogen-bond acceptors (Lipinski definition) is 2. The fourth-order valence-corrected chi connectivity index (χ4v) is 9.49. The monoisotopic (exact) mass is 438 g/mol. The summed E-state index contributed by atoms with van der Waals surface area (Å²) in [4.78, 5) is 0. The number of ether oxygens (including phenoxy) is 2. The van der Waals surface area contributed by atoms with E-state index in [9.17, 15) is 0 Å². The molecule has 1 saturated heterocycles. The lowest BCUT2D eigenvalue weighted by Gasteiger charge is -2.62. The number of rotatable bonds is 2. The molecular formula is C24H39BrO2. The molecule has 1 heterocycles. The number of alkyl halides is 1. The fraction of sp³-hybridized carbons (Fsp3) is 1.00. The van der Waals surface area contributed by atoms with Crippen LogP contribution in [0.15, 0.2) is 0 Å². The molecule has 2 nitrogen and oxygen atoms in total. The topological polar surface area (TPSA) is 18.5 Å². The first kappa shape index (κ1) is 19.4. The van der Waals surface area contributed by atoms with E-state index < -0.39 is 0 Å². The molecule has 0 aromatic heterocycles. The van der Waals surface area contributed by atoms with E-state index >= 15 is 0 Å². The summed E-state index contributed by atoms with van der Waals surface area (Å²) in [5, 5.41) is 1.18. The summed E-state index contributed by atoms with van der Waals surface area (Å²) < 4.78 is 12.2. The maximum Gasteiger partial charge on any atom is 0.168 e. The Bertz CT molecular complexity index is 573. The molecule has 154 valence electrons. The van der Waals surface area contributed by atoms with Crippen molar-refractivity contribution in [1.82, 2.24) is 0 Å². The van der Waals surface area contributed by atoms with Crippen LogP contribution in [0.25, 0.3) is 0 Å². The lowest BCUT2D eigenvalue weighted by atomic mass is 9.44. The molecule has 0 aromatic rings. The van der Waals surface area contributed by atoms with Crippen molar-refractivity contribution in [3.8, 4) is 0 Å². The predicted octanol–water partition coefficient (Wildman–Crippen LogP) is 6.42. The van der Waals surface area contributed by atoms with Crippen LogP contribution >= 0.6 is 15.9 Å². The molecule has 27 heavy (non-hydrogen) atoms. The van der Waals surface area contributed by atoms with E-state index in [-0.39, 0.29) is 5.79 Å². The van der Waals surface area contributed by atoms with Crippen LogP contribution in [-0.2, 0) is 9.47 Å². The van der Waals surface area contributed by atoms with Crippen molar-refractivity contribution in [2.24, 2.45) is 46.3 Å². The lowest BCUT2D eigenvalue weighted by Crippen LogP contribution is -2.56. The van der Waals surface area contributed by atoms with Gasteiger partial charge in [-0.15, -0.1) is 0 Å². The van der Waals surface area contributed by atoms with E-state index in [0.29, 0.717) is 10.8 Å². The Morgan fingerprint density at radius 3 is 2.37 bits per heavy atom. The highest BCUT2D eigenvalue weighted by molar-refractivity contribution is 9.09. The first-order valence-corrected chi connectivity index (χ1v) is 12.9. The molecule has 1 aliphatic heterocycles. The Kier molecular flexibility index (Phi) is 4.81. The molecule has 0 N–H and O–H groups in total. The Labute approximate surface area is 174 Å². The molecule has 0 radical (unpaired) electrons. The molecule has 5 rings (SSSR count). The van der Waals surface area contributed by atoms with Crippen molar-refractivity contribution in [3.63, 3.8) is 0 Å². The van der Waals surface area contributed by atoms with Gasteiger partial charge in [0.05, 0.1) is 13.2 Å². The van der Waals surface area contributed by atoms with Crippen LogP contribution in [0.2, 0.25) is 0 Å². The molecule has 0 aromatic carbocycles. The molecule has 0 bridgehead atoms. The maximum atomic E-state index is 6.12. The summed E-state index contributed by atoms with van der Waals surface area (Å²) in [6.45, 7) is 9.44. The first-order valence-electron chi connectivity index (χ1n) is 11.8. The fourth-order valence-electron chi connectivity index (χ4n) is 9.04. The summed E-state index contributed by atoms with van der Waals surface area (Å²) >= 11 is 3.79. The van der Waals surface area contributed by atoms with Gasteiger partial charge in [-0.2, -0.15) is 0 Å². The van der Waals surface area contributed by atoms with Crippen molar-refractivity contribution in [2.45, 2.75) is 84.3 Å². The van der Waals surface area contributed by atoms with Crippen LogP contribution in [-0.4, -0.2) is 24.3 Å². The second-order valence-corrected chi connectivity index (χ2v) is 12.0. The van der Waals surface area contributed by atoms with E-state index in [1.54, 1.807) is 0 Å². The second-order valence-electron chi connectivity index (χ2n) is 11.3. The molecular weight excluding hydrogens is 400 g/mol. The van der Waals surface area contributed by atoms with Crippen LogP contribution in [0.5, 0.6) is 0 Å². The Hall–Kier alpha value is 0.400. The third-order valence-electron chi connectivity index (χ3n) is 10.5. The van der Waals surface area contributed by atoms with Gasteiger partial charge in [-0.25, -0.2) is 0 Å². The van der Waals surface area contributed by atoms with E-state index in [2.05, 4.69) is 36.7 Å². The SMILES string of the molecule is C[C@H](CBr)C1CCC2C3CCC4CC5(CC[C@]4(C)C3CC[C@@]21C)OCCO5. The molecule has 5 aliphatic rings. The van der Waals surface area contributed by atoms with Crippen molar-refractivity contribution >= 4 is 15.9 Å². The zero-order valence-electron chi connectivity index (χ0n) is 17.6. The minimum Gasteiger partial charge on any atom is -0.348 e.